The van der Waals surface area contributed by atoms with Crippen LogP contribution in [0.1, 0.15) is 0 Å². The van der Waals surface area contributed by atoms with Crippen molar-refractivity contribution in [2.75, 3.05) is 7.11 Å². The monoisotopic (exact) mass is 240 g/mol. The van der Waals surface area contributed by atoms with Gasteiger partial charge in [0, 0.05) is 5.56 Å². The van der Waals surface area contributed by atoms with Crippen molar-refractivity contribution in [3.05, 3.63) is 42.5 Å². The first-order chi connectivity index (χ1) is 8.78. The summed E-state index contributed by atoms with van der Waals surface area (Å²) in [6.45, 7) is 0. The number of phenolic OH excluding ortho intramolecular Hbond substituents is 1. The molecule has 0 fully saturated rings. The number of aromatic hydroxyl groups is 1. The molecule has 18 heavy (non-hydrogen) atoms. The highest BCUT2D eigenvalue weighted by Gasteiger charge is 2.08. The van der Waals surface area contributed by atoms with E-state index in [4.69, 9.17) is 4.74 Å². The van der Waals surface area contributed by atoms with E-state index in [0.717, 1.165) is 22.4 Å². The van der Waals surface area contributed by atoms with Crippen LogP contribution in [0.4, 0.5) is 0 Å². The average Bonchev–Trinajstić information content (AvgIpc) is 2.82. The van der Waals surface area contributed by atoms with E-state index in [-0.39, 0.29) is 5.75 Å². The highest BCUT2D eigenvalue weighted by atomic mass is 16.5. The maximum atomic E-state index is 9.76. The molecule has 0 bridgehead atoms. The zero-order chi connectivity index (χ0) is 12.5. The van der Waals surface area contributed by atoms with Gasteiger partial charge in [-0.05, 0) is 30.3 Å². The zero-order valence-corrected chi connectivity index (χ0v) is 9.84. The molecule has 4 nitrogen and oxygen atoms in total. The number of rotatable bonds is 2. The van der Waals surface area contributed by atoms with Gasteiger partial charge in [-0.3, -0.25) is 0 Å². The molecule has 0 unspecified atom stereocenters. The van der Waals surface area contributed by atoms with Crippen LogP contribution < -0.4 is 4.74 Å². The van der Waals surface area contributed by atoms with Crippen molar-refractivity contribution < 1.29 is 9.84 Å². The van der Waals surface area contributed by atoms with E-state index in [1.807, 2.05) is 30.3 Å². The summed E-state index contributed by atoms with van der Waals surface area (Å²) in [6.07, 6.45) is 0. The van der Waals surface area contributed by atoms with Crippen molar-refractivity contribution in [2.45, 2.75) is 0 Å². The maximum Gasteiger partial charge on any atom is 0.160 e. The van der Waals surface area contributed by atoms with E-state index in [1.165, 1.54) is 7.11 Å². The molecule has 0 aliphatic heterocycles. The molecule has 0 atom stereocenters. The van der Waals surface area contributed by atoms with E-state index in [9.17, 15) is 5.11 Å². The van der Waals surface area contributed by atoms with Crippen LogP contribution in [0.5, 0.6) is 11.5 Å². The van der Waals surface area contributed by atoms with Crippen molar-refractivity contribution in [1.82, 2.24) is 9.97 Å². The summed E-state index contributed by atoms with van der Waals surface area (Å²) in [4.78, 5) is 7.69. The van der Waals surface area contributed by atoms with Gasteiger partial charge in [0.2, 0.25) is 0 Å². The number of phenols is 1. The number of H-pyrrole nitrogens is 1. The Morgan fingerprint density at radius 1 is 1.17 bits per heavy atom. The number of para-hydroxylation sites is 2. The van der Waals surface area contributed by atoms with Crippen LogP contribution in [-0.4, -0.2) is 22.2 Å². The molecule has 2 N–H and O–H groups in total. The van der Waals surface area contributed by atoms with Gasteiger partial charge >= 0.3 is 0 Å². The molecule has 0 aliphatic rings. The Morgan fingerprint density at radius 3 is 2.72 bits per heavy atom. The zero-order valence-electron chi connectivity index (χ0n) is 9.84. The molecule has 3 rings (SSSR count). The van der Waals surface area contributed by atoms with Crippen LogP contribution in [0.15, 0.2) is 42.5 Å². The first-order valence-corrected chi connectivity index (χ1v) is 5.60. The third-order valence-electron chi connectivity index (χ3n) is 2.84. The fraction of sp³-hybridized carbons (Fsp3) is 0.0714. The standard InChI is InChI=1S/C14H12N2O2/c1-18-13-7-6-9(8-12(13)17)14-15-10-4-2-3-5-11(10)16-14/h2-8,17H,1H3,(H,15,16). The third kappa shape index (κ3) is 1.68. The quantitative estimate of drug-likeness (QED) is 0.724. The SMILES string of the molecule is COc1ccc(-c2nc3ccccc3[nH]2)cc1O. The fourth-order valence-electron chi connectivity index (χ4n) is 1.93. The molecule has 0 spiro atoms. The number of aromatic amines is 1. The average molecular weight is 240 g/mol. The van der Waals surface area contributed by atoms with Gasteiger partial charge in [0.05, 0.1) is 18.1 Å². The van der Waals surface area contributed by atoms with Gasteiger partial charge in [0.15, 0.2) is 11.5 Å². The summed E-state index contributed by atoms with van der Waals surface area (Å²) in [7, 11) is 1.52. The molecule has 0 aliphatic carbocycles. The Morgan fingerprint density at radius 2 is 2.00 bits per heavy atom. The summed E-state index contributed by atoms with van der Waals surface area (Å²) < 4.78 is 5.01. The normalized spacial score (nSPS) is 10.7. The number of imidazole rings is 1. The largest absolute Gasteiger partial charge is 0.504 e. The molecule has 1 heterocycles. The lowest BCUT2D eigenvalue weighted by molar-refractivity contribution is 0.373. The molecule has 90 valence electrons. The van der Waals surface area contributed by atoms with Crippen LogP contribution in [0, 0.1) is 0 Å². The van der Waals surface area contributed by atoms with Crippen LogP contribution >= 0.6 is 0 Å². The van der Waals surface area contributed by atoms with Gasteiger partial charge in [-0.25, -0.2) is 4.98 Å². The highest BCUT2D eigenvalue weighted by molar-refractivity contribution is 5.79. The van der Waals surface area contributed by atoms with Crippen molar-refractivity contribution >= 4 is 11.0 Å². The first kappa shape index (κ1) is 10.7. The third-order valence-corrected chi connectivity index (χ3v) is 2.84. The number of benzene rings is 2. The minimum absolute atomic E-state index is 0.107. The Balaban J connectivity index is 2.11. The maximum absolute atomic E-state index is 9.76. The molecular formula is C14H12N2O2. The fourth-order valence-corrected chi connectivity index (χ4v) is 1.93. The summed E-state index contributed by atoms with van der Waals surface area (Å²) >= 11 is 0. The van der Waals surface area contributed by atoms with Crippen molar-refractivity contribution in [1.29, 1.82) is 0 Å². The Labute approximate surface area is 104 Å². The lowest BCUT2D eigenvalue weighted by Gasteiger charge is -2.04. The van der Waals surface area contributed by atoms with E-state index < -0.39 is 0 Å². The molecule has 1 aromatic heterocycles. The lowest BCUT2D eigenvalue weighted by atomic mass is 10.2. The second kappa shape index (κ2) is 4.07. The highest BCUT2D eigenvalue weighted by Crippen LogP contribution is 2.30. The number of hydrogen-bond acceptors (Lipinski definition) is 3. The number of fused-ring (bicyclic) bond motifs is 1. The molecule has 0 saturated heterocycles. The molecule has 0 saturated carbocycles. The molecular weight excluding hydrogens is 228 g/mol. The molecule has 3 aromatic rings. The number of aromatic nitrogens is 2. The van der Waals surface area contributed by atoms with Crippen LogP contribution in [0.3, 0.4) is 0 Å². The Bertz CT molecular complexity index is 671. The van der Waals surface area contributed by atoms with Crippen molar-refractivity contribution in [2.24, 2.45) is 0 Å². The minimum Gasteiger partial charge on any atom is -0.504 e. The molecule has 4 heteroatoms. The number of nitrogens with one attached hydrogen (secondary N) is 1. The predicted molar refractivity (Wildman–Crippen MR) is 69.7 cm³/mol. The van der Waals surface area contributed by atoms with Gasteiger partial charge in [-0.1, -0.05) is 12.1 Å². The van der Waals surface area contributed by atoms with E-state index in [2.05, 4.69) is 9.97 Å². The van der Waals surface area contributed by atoms with Gasteiger partial charge in [0.1, 0.15) is 5.82 Å². The van der Waals surface area contributed by atoms with Crippen molar-refractivity contribution in [3.63, 3.8) is 0 Å². The summed E-state index contributed by atoms with van der Waals surface area (Å²) in [6, 6.07) is 13.0. The summed E-state index contributed by atoms with van der Waals surface area (Å²) in [5.74, 6) is 1.29. The Kier molecular flexibility index (Phi) is 2.41. The van der Waals surface area contributed by atoms with Gasteiger partial charge in [-0.2, -0.15) is 0 Å². The lowest BCUT2D eigenvalue weighted by Crippen LogP contribution is -1.85. The van der Waals surface area contributed by atoms with Crippen LogP contribution in [0.25, 0.3) is 22.4 Å². The summed E-state index contributed by atoms with van der Waals surface area (Å²) in [5.41, 5.74) is 2.70. The van der Waals surface area contributed by atoms with E-state index in [0.29, 0.717) is 5.75 Å². The molecule has 0 amide bonds. The number of hydrogen-bond donors (Lipinski definition) is 2. The van der Waals surface area contributed by atoms with Gasteiger partial charge in [0.25, 0.3) is 0 Å². The number of ether oxygens (including phenoxy) is 1. The molecule has 0 radical (unpaired) electrons. The smallest absolute Gasteiger partial charge is 0.160 e. The topological polar surface area (TPSA) is 58.1 Å². The van der Waals surface area contributed by atoms with Gasteiger partial charge < -0.3 is 14.8 Å². The second-order valence-corrected chi connectivity index (χ2v) is 3.99. The number of nitrogens with zero attached hydrogens (tertiary/aromatic N) is 1. The first-order valence-electron chi connectivity index (χ1n) is 5.60. The molecule has 2 aromatic carbocycles. The summed E-state index contributed by atoms with van der Waals surface area (Å²) in [5, 5.41) is 9.76. The second-order valence-electron chi connectivity index (χ2n) is 3.99. The van der Waals surface area contributed by atoms with Crippen LogP contribution in [-0.2, 0) is 0 Å². The van der Waals surface area contributed by atoms with Gasteiger partial charge in [-0.15, -0.1) is 0 Å². The van der Waals surface area contributed by atoms with E-state index >= 15 is 0 Å². The number of methoxy groups -OCH3 is 1. The van der Waals surface area contributed by atoms with E-state index in [1.54, 1.807) is 12.1 Å². The van der Waals surface area contributed by atoms with Crippen molar-refractivity contribution in [3.8, 4) is 22.9 Å². The Hall–Kier alpha value is -2.49. The predicted octanol–water partition coefficient (Wildman–Crippen LogP) is 2.94. The minimum atomic E-state index is 0.107. The van der Waals surface area contributed by atoms with Crippen LogP contribution in [0.2, 0.25) is 0 Å².